The van der Waals surface area contributed by atoms with Crippen molar-refractivity contribution in [3.8, 4) is 22.4 Å². The minimum absolute atomic E-state index is 0.483. The van der Waals surface area contributed by atoms with Gasteiger partial charge in [0.25, 0.3) is 0 Å². The summed E-state index contributed by atoms with van der Waals surface area (Å²) in [5, 5.41) is 2.63. The van der Waals surface area contributed by atoms with Gasteiger partial charge >= 0.3 is 0 Å². The Bertz CT molecular complexity index is 852. The maximum atomic E-state index is 6.38. The van der Waals surface area contributed by atoms with Gasteiger partial charge in [0, 0.05) is 37.4 Å². The summed E-state index contributed by atoms with van der Waals surface area (Å²) in [5.41, 5.74) is 3.01. The third-order valence-corrected chi connectivity index (χ3v) is 4.33. The van der Waals surface area contributed by atoms with Gasteiger partial charge < -0.3 is 0 Å². The van der Waals surface area contributed by atoms with Crippen LogP contribution in [0.4, 0.5) is 0 Å². The fourth-order valence-electron chi connectivity index (χ4n) is 2.22. The second-order valence-electron chi connectivity index (χ2n) is 4.87. The highest BCUT2D eigenvalue weighted by Crippen LogP contribution is 2.34. The van der Waals surface area contributed by atoms with Gasteiger partial charge in [-0.3, -0.25) is 4.98 Å². The number of aromatic nitrogens is 1. The number of halogens is 5. The van der Waals surface area contributed by atoms with Gasteiger partial charge in [0.15, 0.2) is 0 Å². The van der Waals surface area contributed by atoms with Crippen LogP contribution in [0, 0.1) is 0 Å². The number of hydrogen-bond donors (Lipinski definition) is 0. The van der Waals surface area contributed by atoms with Crippen molar-refractivity contribution in [3.63, 3.8) is 0 Å². The second-order valence-corrected chi connectivity index (χ2v) is 7.02. The third kappa shape index (κ3) is 3.93. The van der Waals surface area contributed by atoms with Crippen LogP contribution in [0.25, 0.3) is 22.4 Å². The van der Waals surface area contributed by atoms with E-state index in [0.717, 1.165) is 16.7 Å². The highest BCUT2D eigenvalue weighted by molar-refractivity contribution is 6.36. The summed E-state index contributed by atoms with van der Waals surface area (Å²) >= 11 is 30.5. The van der Waals surface area contributed by atoms with E-state index in [4.69, 9.17) is 58.0 Å². The molecule has 0 aliphatic carbocycles. The Hall–Kier alpha value is -0.960. The Balaban J connectivity index is 2.07. The van der Waals surface area contributed by atoms with Gasteiger partial charge in [0.1, 0.15) is 0 Å². The maximum Gasteiger partial charge on any atom is 0.0889 e. The summed E-state index contributed by atoms with van der Waals surface area (Å²) in [7, 11) is 0. The monoisotopic (exact) mass is 401 g/mol. The number of pyridine rings is 1. The highest BCUT2D eigenvalue weighted by Gasteiger charge is 2.10. The van der Waals surface area contributed by atoms with Gasteiger partial charge in [-0.25, -0.2) is 0 Å². The van der Waals surface area contributed by atoms with Crippen molar-refractivity contribution < 1.29 is 0 Å². The Morgan fingerprint density at radius 2 is 1.00 bits per heavy atom. The van der Waals surface area contributed by atoms with Crippen LogP contribution >= 0.6 is 58.0 Å². The van der Waals surface area contributed by atoms with E-state index in [1.807, 2.05) is 0 Å². The van der Waals surface area contributed by atoms with Crippen molar-refractivity contribution in [1.29, 1.82) is 0 Å². The lowest BCUT2D eigenvalue weighted by atomic mass is 10.1. The molecule has 116 valence electrons. The standard InChI is InChI=1S/C17H8Cl5N/c18-12-1-9(2-13(19)6-12)11-5-16(22)17(23-8-11)10-3-14(20)7-15(21)4-10/h1-8H. The fraction of sp³-hybridized carbons (Fsp3) is 0. The fourth-order valence-corrected chi connectivity index (χ4v) is 3.55. The quantitative estimate of drug-likeness (QED) is 0.427. The molecule has 3 rings (SSSR count). The van der Waals surface area contributed by atoms with Gasteiger partial charge in [-0.2, -0.15) is 0 Å². The summed E-state index contributed by atoms with van der Waals surface area (Å²) in [5.74, 6) is 0. The van der Waals surface area contributed by atoms with E-state index < -0.39 is 0 Å². The molecule has 0 unspecified atom stereocenters. The first kappa shape index (κ1) is 16.9. The molecule has 1 heterocycles. The van der Waals surface area contributed by atoms with Crippen LogP contribution in [-0.4, -0.2) is 4.98 Å². The highest BCUT2D eigenvalue weighted by atomic mass is 35.5. The number of hydrogen-bond acceptors (Lipinski definition) is 1. The molecular formula is C17H8Cl5N. The van der Waals surface area contributed by atoms with Gasteiger partial charge in [-0.15, -0.1) is 0 Å². The van der Waals surface area contributed by atoms with Crippen LogP contribution in [0.3, 0.4) is 0 Å². The Labute approximate surface area is 158 Å². The van der Waals surface area contributed by atoms with E-state index in [2.05, 4.69) is 4.98 Å². The molecule has 0 spiro atoms. The molecule has 1 nitrogen and oxygen atoms in total. The lowest BCUT2D eigenvalue weighted by Gasteiger charge is -2.08. The molecule has 23 heavy (non-hydrogen) atoms. The van der Waals surface area contributed by atoms with Gasteiger partial charge in [0.2, 0.25) is 0 Å². The van der Waals surface area contributed by atoms with Crippen LogP contribution < -0.4 is 0 Å². The Morgan fingerprint density at radius 3 is 1.48 bits per heavy atom. The van der Waals surface area contributed by atoms with Gasteiger partial charge in [-0.1, -0.05) is 58.0 Å². The summed E-state index contributed by atoms with van der Waals surface area (Å²) in [4.78, 5) is 4.43. The zero-order chi connectivity index (χ0) is 16.6. The first-order chi connectivity index (χ1) is 10.9. The summed E-state index contributed by atoms with van der Waals surface area (Å²) in [6, 6.07) is 12.3. The van der Waals surface area contributed by atoms with E-state index >= 15 is 0 Å². The molecule has 0 fully saturated rings. The number of benzene rings is 2. The topological polar surface area (TPSA) is 12.9 Å². The Kier molecular flexibility index (Phi) is 5.05. The molecule has 0 amide bonds. The first-order valence-corrected chi connectivity index (χ1v) is 8.40. The molecule has 6 heteroatoms. The zero-order valence-corrected chi connectivity index (χ0v) is 15.2. The molecule has 0 aliphatic rings. The lowest BCUT2D eigenvalue weighted by molar-refractivity contribution is 1.32. The average Bonchev–Trinajstić information content (AvgIpc) is 2.45. The van der Waals surface area contributed by atoms with Gasteiger partial charge in [-0.05, 0) is 48.0 Å². The van der Waals surface area contributed by atoms with E-state index in [-0.39, 0.29) is 0 Å². The van der Waals surface area contributed by atoms with Crippen molar-refractivity contribution in [2.24, 2.45) is 0 Å². The molecule has 0 saturated heterocycles. The molecule has 3 aromatic rings. The molecule has 0 saturated carbocycles. The van der Waals surface area contributed by atoms with Crippen LogP contribution in [0.1, 0.15) is 0 Å². The minimum Gasteiger partial charge on any atom is -0.254 e. The largest absolute Gasteiger partial charge is 0.254 e. The van der Waals surface area contributed by atoms with Crippen molar-refractivity contribution in [2.75, 3.05) is 0 Å². The molecule has 1 aromatic heterocycles. The average molecular weight is 404 g/mol. The second kappa shape index (κ2) is 6.88. The summed E-state index contributed by atoms with van der Waals surface area (Å²) in [6.07, 6.45) is 1.71. The van der Waals surface area contributed by atoms with E-state index in [0.29, 0.717) is 30.8 Å². The van der Waals surface area contributed by atoms with E-state index in [9.17, 15) is 0 Å². The number of nitrogens with zero attached hydrogens (tertiary/aromatic N) is 1. The number of rotatable bonds is 2. The lowest BCUT2D eigenvalue weighted by Crippen LogP contribution is -1.88. The maximum absolute atomic E-state index is 6.38. The summed E-state index contributed by atoms with van der Waals surface area (Å²) in [6.45, 7) is 0. The van der Waals surface area contributed by atoms with Crippen molar-refractivity contribution in [1.82, 2.24) is 4.98 Å². The normalized spacial score (nSPS) is 10.8. The first-order valence-electron chi connectivity index (χ1n) is 6.51. The summed E-state index contributed by atoms with van der Waals surface area (Å²) < 4.78 is 0. The Morgan fingerprint density at radius 1 is 0.522 bits per heavy atom. The van der Waals surface area contributed by atoms with Crippen LogP contribution in [0.15, 0.2) is 48.7 Å². The van der Waals surface area contributed by atoms with E-state index in [1.54, 1.807) is 48.7 Å². The van der Waals surface area contributed by atoms with Crippen molar-refractivity contribution in [3.05, 3.63) is 73.8 Å². The van der Waals surface area contributed by atoms with Crippen molar-refractivity contribution in [2.45, 2.75) is 0 Å². The van der Waals surface area contributed by atoms with E-state index in [1.165, 1.54) is 0 Å². The molecule has 0 radical (unpaired) electrons. The van der Waals surface area contributed by atoms with Gasteiger partial charge in [0.05, 0.1) is 10.7 Å². The van der Waals surface area contributed by atoms with Crippen LogP contribution in [-0.2, 0) is 0 Å². The minimum atomic E-state index is 0.483. The molecule has 2 aromatic carbocycles. The van der Waals surface area contributed by atoms with Crippen molar-refractivity contribution >= 4 is 58.0 Å². The van der Waals surface area contributed by atoms with Crippen LogP contribution in [0.2, 0.25) is 25.1 Å². The predicted molar refractivity (Wildman–Crippen MR) is 100 cm³/mol. The molecular weight excluding hydrogens is 395 g/mol. The molecule has 0 atom stereocenters. The molecule has 0 bridgehead atoms. The van der Waals surface area contributed by atoms with Crippen LogP contribution in [0.5, 0.6) is 0 Å². The molecule has 0 aliphatic heterocycles. The smallest absolute Gasteiger partial charge is 0.0889 e. The zero-order valence-electron chi connectivity index (χ0n) is 11.5. The predicted octanol–water partition coefficient (Wildman–Crippen LogP) is 7.68. The SMILES string of the molecule is Clc1cc(Cl)cc(-c2cnc(-c3cc(Cl)cc(Cl)c3)c(Cl)c2)c1. The third-order valence-electron chi connectivity index (χ3n) is 3.17. The molecule has 0 N–H and O–H groups in total.